The lowest BCUT2D eigenvalue weighted by Gasteiger charge is -2.13. The smallest absolute Gasteiger partial charge is 0.263 e. The Morgan fingerprint density at radius 1 is 1.16 bits per heavy atom. The Morgan fingerprint density at radius 3 is 2.62 bits per heavy atom. The van der Waals surface area contributed by atoms with Crippen LogP contribution in [-0.4, -0.2) is 21.1 Å². The van der Waals surface area contributed by atoms with Gasteiger partial charge in [0, 0.05) is 35.3 Å². The van der Waals surface area contributed by atoms with Crippen LogP contribution < -0.4 is 15.7 Å². The van der Waals surface area contributed by atoms with Crippen LogP contribution in [0.2, 0.25) is 0 Å². The summed E-state index contributed by atoms with van der Waals surface area (Å²) in [6.07, 6.45) is 3.81. The van der Waals surface area contributed by atoms with Crippen LogP contribution >= 0.6 is 11.3 Å². The molecule has 1 N–H and O–H groups in total. The number of nitrogens with zero attached hydrogens (tertiary/aromatic N) is 2. The van der Waals surface area contributed by atoms with Gasteiger partial charge in [-0.05, 0) is 30.5 Å². The lowest BCUT2D eigenvalue weighted by atomic mass is 10.1. The van der Waals surface area contributed by atoms with E-state index >= 15 is 0 Å². The van der Waals surface area contributed by atoms with Crippen LogP contribution in [0.15, 0.2) is 51.5 Å². The van der Waals surface area contributed by atoms with Crippen LogP contribution in [0, 0.1) is 5.82 Å². The van der Waals surface area contributed by atoms with E-state index in [1.165, 1.54) is 29.5 Å². The van der Waals surface area contributed by atoms with Gasteiger partial charge in [-0.25, -0.2) is 9.37 Å². The molecule has 0 aliphatic carbocycles. The molecule has 0 aliphatic heterocycles. The molecule has 3 heterocycles. The molecule has 0 atom stereocenters. The van der Waals surface area contributed by atoms with Gasteiger partial charge in [0.15, 0.2) is 5.75 Å². The maximum absolute atomic E-state index is 13.6. The van der Waals surface area contributed by atoms with Gasteiger partial charge in [-0.1, -0.05) is 26.0 Å². The molecular formula is C24H24FN3O3S. The van der Waals surface area contributed by atoms with Crippen molar-refractivity contribution in [1.82, 2.24) is 14.5 Å². The zero-order chi connectivity index (χ0) is 22.7. The quantitative estimate of drug-likeness (QED) is 0.418. The van der Waals surface area contributed by atoms with Gasteiger partial charge < -0.3 is 9.72 Å². The lowest BCUT2D eigenvalue weighted by Crippen LogP contribution is -2.26. The average molecular weight is 454 g/mol. The summed E-state index contributed by atoms with van der Waals surface area (Å²) in [6.45, 7) is 4.66. The Balaban J connectivity index is 1.80. The maximum Gasteiger partial charge on any atom is 0.263 e. The van der Waals surface area contributed by atoms with Crippen molar-refractivity contribution < 1.29 is 9.13 Å². The van der Waals surface area contributed by atoms with Crippen LogP contribution in [0.25, 0.3) is 21.3 Å². The molecule has 0 bridgehead atoms. The van der Waals surface area contributed by atoms with E-state index in [9.17, 15) is 14.0 Å². The molecule has 32 heavy (non-hydrogen) atoms. The van der Waals surface area contributed by atoms with Crippen molar-refractivity contribution >= 4 is 21.6 Å². The van der Waals surface area contributed by atoms with Gasteiger partial charge in [0.1, 0.15) is 16.5 Å². The molecule has 0 radical (unpaired) electrons. The number of aromatic nitrogens is 3. The Labute approximate surface area is 188 Å². The Bertz CT molecular complexity index is 1360. The molecule has 0 aliphatic rings. The average Bonchev–Trinajstić information content (AvgIpc) is 3.20. The molecule has 1 aromatic carbocycles. The second-order valence-corrected chi connectivity index (χ2v) is 8.40. The first-order valence-electron chi connectivity index (χ1n) is 10.6. The minimum Gasteiger partial charge on any atom is -0.488 e. The van der Waals surface area contributed by atoms with E-state index in [2.05, 4.69) is 4.98 Å². The molecule has 0 amide bonds. The summed E-state index contributed by atoms with van der Waals surface area (Å²) in [6, 6.07) is 7.54. The van der Waals surface area contributed by atoms with E-state index in [1.807, 2.05) is 19.2 Å². The predicted molar refractivity (Wildman–Crippen MR) is 125 cm³/mol. The SMILES string of the molecule is CCCOc1c[nH]c(Cn2c(CCC)nc3scc(-c4ccc(F)cc4)c3c2=O)cc1=O. The molecule has 0 fully saturated rings. The molecule has 8 heteroatoms. The number of rotatable bonds is 8. The van der Waals surface area contributed by atoms with E-state index in [4.69, 9.17) is 9.72 Å². The van der Waals surface area contributed by atoms with E-state index in [0.717, 1.165) is 24.0 Å². The summed E-state index contributed by atoms with van der Waals surface area (Å²) in [7, 11) is 0. The lowest BCUT2D eigenvalue weighted by molar-refractivity contribution is 0.313. The first-order chi connectivity index (χ1) is 15.5. The highest BCUT2D eigenvalue weighted by atomic mass is 32.1. The Morgan fingerprint density at radius 2 is 1.94 bits per heavy atom. The van der Waals surface area contributed by atoms with Crippen LogP contribution in [0.1, 0.15) is 38.2 Å². The maximum atomic E-state index is 13.6. The van der Waals surface area contributed by atoms with Gasteiger partial charge in [-0.15, -0.1) is 11.3 Å². The fourth-order valence-electron chi connectivity index (χ4n) is 3.57. The first kappa shape index (κ1) is 22.0. The van der Waals surface area contributed by atoms with E-state index in [0.29, 0.717) is 34.8 Å². The van der Waals surface area contributed by atoms with Gasteiger partial charge in [0.05, 0.1) is 18.5 Å². The first-order valence-corrected chi connectivity index (χ1v) is 11.5. The minimum absolute atomic E-state index is 0.175. The zero-order valence-corrected chi connectivity index (χ0v) is 18.8. The predicted octanol–water partition coefficient (Wildman–Crippen LogP) is 4.74. The van der Waals surface area contributed by atoms with Gasteiger partial charge in [-0.3, -0.25) is 14.2 Å². The third kappa shape index (κ3) is 4.36. The number of aryl methyl sites for hydroxylation is 1. The molecule has 0 saturated carbocycles. The van der Waals surface area contributed by atoms with Gasteiger partial charge >= 0.3 is 0 Å². The summed E-state index contributed by atoms with van der Waals surface area (Å²) in [5.74, 6) is 0.607. The van der Waals surface area contributed by atoms with Crippen LogP contribution in [0.4, 0.5) is 4.39 Å². The third-order valence-electron chi connectivity index (χ3n) is 5.13. The molecule has 166 valence electrons. The number of thiophene rings is 1. The fourth-order valence-corrected chi connectivity index (χ4v) is 4.53. The van der Waals surface area contributed by atoms with Crippen molar-refractivity contribution in [2.75, 3.05) is 6.61 Å². The van der Waals surface area contributed by atoms with Crippen LogP contribution in [0.5, 0.6) is 5.75 Å². The monoisotopic (exact) mass is 453 g/mol. The van der Waals surface area contributed by atoms with Crippen molar-refractivity contribution in [2.45, 2.75) is 39.7 Å². The molecule has 0 unspecified atom stereocenters. The third-order valence-corrected chi connectivity index (χ3v) is 6.00. The standard InChI is InChI=1S/C24H24FN3O3S/c1-3-5-21-27-23-22(18(14-32-23)15-6-8-16(25)9-7-15)24(30)28(21)13-17-11-19(29)20(12-26-17)31-10-4-2/h6-9,11-12,14H,3-5,10,13H2,1-2H3,(H,26,29). The van der Waals surface area contributed by atoms with E-state index in [-0.39, 0.29) is 29.1 Å². The van der Waals surface area contributed by atoms with Crippen molar-refractivity contribution in [3.63, 3.8) is 0 Å². The molecule has 0 spiro atoms. The van der Waals surface area contributed by atoms with E-state index in [1.54, 1.807) is 22.9 Å². The number of nitrogens with one attached hydrogen (secondary N) is 1. The summed E-state index contributed by atoms with van der Waals surface area (Å²) in [4.78, 5) is 34.5. The number of aromatic amines is 1. The number of ether oxygens (including phenoxy) is 1. The number of benzene rings is 1. The molecule has 4 rings (SSSR count). The van der Waals surface area contributed by atoms with Crippen LogP contribution in [0.3, 0.4) is 0 Å². The molecular weight excluding hydrogens is 429 g/mol. The number of hydrogen-bond acceptors (Lipinski definition) is 5. The fraction of sp³-hybridized carbons (Fsp3) is 0.292. The summed E-state index contributed by atoms with van der Waals surface area (Å²) in [5.41, 5.74) is 1.69. The summed E-state index contributed by atoms with van der Waals surface area (Å²) >= 11 is 1.40. The van der Waals surface area contributed by atoms with Crippen LogP contribution in [-0.2, 0) is 13.0 Å². The van der Waals surface area contributed by atoms with Gasteiger partial charge in [0.2, 0.25) is 5.43 Å². The number of H-pyrrole nitrogens is 1. The normalized spacial score (nSPS) is 11.2. The van der Waals surface area contributed by atoms with Crippen molar-refractivity contribution in [1.29, 1.82) is 0 Å². The van der Waals surface area contributed by atoms with E-state index < -0.39 is 0 Å². The Kier molecular flexibility index (Phi) is 6.50. The van der Waals surface area contributed by atoms with Crippen molar-refractivity contribution in [3.8, 4) is 16.9 Å². The number of pyridine rings is 1. The zero-order valence-electron chi connectivity index (χ0n) is 18.0. The largest absolute Gasteiger partial charge is 0.488 e. The second kappa shape index (κ2) is 9.48. The molecule has 4 aromatic rings. The summed E-state index contributed by atoms with van der Waals surface area (Å²) < 4.78 is 20.4. The highest BCUT2D eigenvalue weighted by Gasteiger charge is 2.17. The molecule has 3 aromatic heterocycles. The number of hydrogen-bond donors (Lipinski definition) is 1. The highest BCUT2D eigenvalue weighted by Crippen LogP contribution is 2.31. The molecule has 6 nitrogen and oxygen atoms in total. The van der Waals surface area contributed by atoms with Gasteiger partial charge in [-0.2, -0.15) is 0 Å². The second-order valence-electron chi connectivity index (χ2n) is 7.54. The van der Waals surface area contributed by atoms with Crippen molar-refractivity contribution in [3.05, 3.63) is 79.8 Å². The van der Waals surface area contributed by atoms with Crippen molar-refractivity contribution in [2.24, 2.45) is 0 Å². The highest BCUT2D eigenvalue weighted by molar-refractivity contribution is 7.17. The summed E-state index contributed by atoms with van der Waals surface area (Å²) in [5, 5.41) is 2.39. The number of fused-ring (bicyclic) bond motifs is 1. The topological polar surface area (TPSA) is 77.0 Å². The minimum atomic E-state index is -0.329. The Hall–Kier alpha value is -3.26. The number of halogens is 1. The van der Waals surface area contributed by atoms with Gasteiger partial charge in [0.25, 0.3) is 5.56 Å². The molecule has 0 saturated heterocycles.